The molecule has 0 aliphatic rings. The summed E-state index contributed by atoms with van der Waals surface area (Å²) in [6.07, 6.45) is 2.74. The Morgan fingerprint density at radius 3 is 1.15 bits per heavy atom. The molecular weight excluding hydrogens is 484 g/mol. The quantitative estimate of drug-likeness (QED) is 0.181. The van der Waals surface area contributed by atoms with Gasteiger partial charge in [-0.3, -0.25) is 9.59 Å². The molecule has 0 atom stereocenters. The Morgan fingerprint density at radius 1 is 0.487 bits per heavy atom. The first-order chi connectivity index (χ1) is 19.1. The third kappa shape index (κ3) is 7.44. The van der Waals surface area contributed by atoms with Crippen molar-refractivity contribution >= 4 is 11.9 Å². The average Bonchev–Trinajstić information content (AvgIpc) is 2.96. The van der Waals surface area contributed by atoms with Crippen molar-refractivity contribution in [2.75, 3.05) is 13.2 Å². The van der Waals surface area contributed by atoms with Gasteiger partial charge in [-0.05, 0) is 77.6 Å². The van der Waals surface area contributed by atoms with Gasteiger partial charge in [-0.15, -0.1) is 0 Å². The standard InChI is InChI=1S/C35H36O4/c1-3-38-34(36)23-21-26-13-5-9-17-30(26)32-19-11-7-15-28(32)25-29-16-8-12-20-33(29)31-18-10-6-14-27(31)22-24-35(37)39-4-2/h5-20H,3-4,21-25H2,1-2H3. The van der Waals surface area contributed by atoms with Crippen LogP contribution in [0.1, 0.15) is 48.9 Å². The summed E-state index contributed by atoms with van der Waals surface area (Å²) >= 11 is 0. The molecule has 0 bridgehead atoms. The lowest BCUT2D eigenvalue weighted by Gasteiger charge is -2.17. The Bertz CT molecular complexity index is 1300. The first kappa shape index (κ1) is 27.8. The van der Waals surface area contributed by atoms with E-state index in [1.165, 1.54) is 22.3 Å². The number of carbonyl (C=O) groups excluding carboxylic acids is 2. The van der Waals surface area contributed by atoms with Crippen molar-refractivity contribution in [2.24, 2.45) is 0 Å². The minimum atomic E-state index is -0.170. The van der Waals surface area contributed by atoms with Gasteiger partial charge in [0.05, 0.1) is 13.2 Å². The highest BCUT2D eigenvalue weighted by atomic mass is 16.5. The number of aryl methyl sites for hydroxylation is 2. The van der Waals surface area contributed by atoms with Gasteiger partial charge in [0.15, 0.2) is 0 Å². The van der Waals surface area contributed by atoms with Crippen LogP contribution >= 0.6 is 0 Å². The highest BCUT2D eigenvalue weighted by Crippen LogP contribution is 2.33. The van der Waals surface area contributed by atoms with Crippen LogP contribution in [0.5, 0.6) is 0 Å². The van der Waals surface area contributed by atoms with Gasteiger partial charge in [0, 0.05) is 12.8 Å². The summed E-state index contributed by atoms with van der Waals surface area (Å²) in [5.41, 5.74) is 9.33. The summed E-state index contributed by atoms with van der Waals surface area (Å²) < 4.78 is 10.3. The van der Waals surface area contributed by atoms with Crippen LogP contribution < -0.4 is 0 Å². The molecule has 4 aromatic rings. The summed E-state index contributed by atoms with van der Waals surface area (Å²) in [5.74, 6) is -0.340. The molecule has 4 aromatic carbocycles. The second-order valence-electron chi connectivity index (χ2n) is 9.42. The highest BCUT2D eigenvalue weighted by Gasteiger charge is 2.15. The van der Waals surface area contributed by atoms with E-state index >= 15 is 0 Å². The minimum Gasteiger partial charge on any atom is -0.466 e. The lowest BCUT2D eigenvalue weighted by Crippen LogP contribution is -2.06. The van der Waals surface area contributed by atoms with Crippen LogP contribution in [0, 0.1) is 0 Å². The van der Waals surface area contributed by atoms with Gasteiger partial charge >= 0.3 is 11.9 Å². The number of carbonyl (C=O) groups is 2. The molecule has 0 spiro atoms. The molecule has 39 heavy (non-hydrogen) atoms. The molecule has 0 amide bonds. The van der Waals surface area contributed by atoms with Crippen LogP contribution in [-0.4, -0.2) is 25.2 Å². The number of benzene rings is 4. The zero-order valence-corrected chi connectivity index (χ0v) is 22.8. The van der Waals surface area contributed by atoms with Crippen molar-refractivity contribution in [3.05, 3.63) is 119 Å². The van der Waals surface area contributed by atoms with Crippen LogP contribution in [0.3, 0.4) is 0 Å². The third-order valence-corrected chi connectivity index (χ3v) is 6.84. The molecular formula is C35H36O4. The summed E-state index contributed by atoms with van der Waals surface area (Å²) in [6.45, 7) is 4.46. The molecule has 0 heterocycles. The molecule has 0 saturated carbocycles. The molecule has 4 heteroatoms. The van der Waals surface area contributed by atoms with Gasteiger partial charge in [0.25, 0.3) is 0 Å². The maximum absolute atomic E-state index is 12.0. The van der Waals surface area contributed by atoms with Crippen LogP contribution in [0.4, 0.5) is 0 Å². The van der Waals surface area contributed by atoms with Gasteiger partial charge in [-0.2, -0.15) is 0 Å². The van der Waals surface area contributed by atoms with Crippen molar-refractivity contribution in [3.63, 3.8) is 0 Å². The fourth-order valence-corrected chi connectivity index (χ4v) is 5.02. The van der Waals surface area contributed by atoms with Crippen molar-refractivity contribution in [1.82, 2.24) is 0 Å². The lowest BCUT2D eigenvalue weighted by molar-refractivity contribution is -0.144. The summed E-state index contributed by atoms with van der Waals surface area (Å²) in [4.78, 5) is 24.1. The van der Waals surface area contributed by atoms with Gasteiger partial charge in [0.1, 0.15) is 0 Å². The van der Waals surface area contributed by atoms with Crippen LogP contribution in [0.25, 0.3) is 22.3 Å². The largest absolute Gasteiger partial charge is 0.466 e. The van der Waals surface area contributed by atoms with Crippen molar-refractivity contribution in [3.8, 4) is 22.3 Å². The normalized spacial score (nSPS) is 10.7. The van der Waals surface area contributed by atoms with E-state index in [4.69, 9.17) is 9.47 Å². The summed E-state index contributed by atoms with van der Waals surface area (Å²) in [7, 11) is 0. The first-order valence-corrected chi connectivity index (χ1v) is 13.7. The number of rotatable bonds is 12. The van der Waals surface area contributed by atoms with E-state index < -0.39 is 0 Å². The van der Waals surface area contributed by atoms with E-state index in [0.29, 0.717) is 38.9 Å². The second kappa shape index (κ2) is 14.1. The molecule has 0 fully saturated rings. The number of hydrogen-bond acceptors (Lipinski definition) is 4. The fourth-order valence-electron chi connectivity index (χ4n) is 5.02. The Labute approximate surface area is 231 Å². The summed E-state index contributed by atoms with van der Waals surface area (Å²) in [6, 6.07) is 33.6. The molecule has 0 unspecified atom stereocenters. The topological polar surface area (TPSA) is 52.6 Å². The smallest absolute Gasteiger partial charge is 0.306 e. The van der Waals surface area contributed by atoms with E-state index in [-0.39, 0.29) is 11.9 Å². The van der Waals surface area contributed by atoms with Crippen LogP contribution in [0.2, 0.25) is 0 Å². The molecule has 200 valence electrons. The van der Waals surface area contributed by atoms with Crippen molar-refractivity contribution < 1.29 is 19.1 Å². The Morgan fingerprint density at radius 2 is 0.795 bits per heavy atom. The number of esters is 2. The van der Waals surface area contributed by atoms with Gasteiger partial charge < -0.3 is 9.47 Å². The fraction of sp³-hybridized carbons (Fsp3) is 0.257. The predicted octanol–water partition coefficient (Wildman–Crippen LogP) is 7.60. The lowest BCUT2D eigenvalue weighted by atomic mass is 9.87. The van der Waals surface area contributed by atoms with Crippen molar-refractivity contribution in [2.45, 2.75) is 46.0 Å². The summed E-state index contributed by atoms with van der Waals surface area (Å²) in [5, 5.41) is 0. The van der Waals surface area contributed by atoms with Gasteiger partial charge in [0.2, 0.25) is 0 Å². The van der Waals surface area contributed by atoms with E-state index in [2.05, 4.69) is 72.8 Å². The zero-order chi connectivity index (χ0) is 27.5. The predicted molar refractivity (Wildman–Crippen MR) is 156 cm³/mol. The van der Waals surface area contributed by atoms with Gasteiger partial charge in [-0.25, -0.2) is 0 Å². The minimum absolute atomic E-state index is 0.170. The monoisotopic (exact) mass is 520 g/mol. The SMILES string of the molecule is CCOC(=O)CCc1ccccc1-c1ccccc1Cc1ccccc1-c1ccccc1CCC(=O)OCC. The number of hydrogen-bond donors (Lipinski definition) is 0. The van der Waals surface area contributed by atoms with E-state index in [1.807, 2.05) is 38.1 Å². The van der Waals surface area contributed by atoms with Crippen molar-refractivity contribution in [1.29, 1.82) is 0 Å². The van der Waals surface area contributed by atoms with Crippen LogP contribution in [0.15, 0.2) is 97.1 Å². The van der Waals surface area contributed by atoms with E-state index in [0.717, 1.165) is 28.7 Å². The molecule has 0 N–H and O–H groups in total. The number of ether oxygens (including phenoxy) is 2. The molecule has 0 aromatic heterocycles. The second-order valence-corrected chi connectivity index (χ2v) is 9.42. The highest BCUT2D eigenvalue weighted by molar-refractivity contribution is 5.76. The first-order valence-electron chi connectivity index (χ1n) is 13.7. The Hall–Kier alpha value is -4.18. The van der Waals surface area contributed by atoms with E-state index in [1.54, 1.807) is 0 Å². The van der Waals surface area contributed by atoms with Gasteiger partial charge in [-0.1, -0.05) is 97.1 Å². The maximum atomic E-state index is 12.0. The zero-order valence-electron chi connectivity index (χ0n) is 22.8. The van der Waals surface area contributed by atoms with Crippen LogP contribution in [-0.2, 0) is 38.3 Å². The Kier molecular flexibility index (Phi) is 10.1. The maximum Gasteiger partial charge on any atom is 0.306 e. The van der Waals surface area contributed by atoms with E-state index in [9.17, 15) is 9.59 Å². The molecule has 0 saturated heterocycles. The Balaban J connectivity index is 1.65. The molecule has 0 aliphatic carbocycles. The molecule has 4 rings (SSSR count). The molecule has 0 radical (unpaired) electrons. The molecule has 4 nitrogen and oxygen atoms in total. The third-order valence-electron chi connectivity index (χ3n) is 6.84. The molecule has 0 aliphatic heterocycles. The average molecular weight is 521 g/mol.